The number of benzene rings is 1. The molecule has 0 aliphatic carbocycles. The largest absolute Gasteiger partial charge is 1.00 e. The van der Waals surface area contributed by atoms with Gasteiger partial charge in [-0.25, -0.2) is 4.98 Å². The van der Waals surface area contributed by atoms with Gasteiger partial charge in [0.2, 0.25) is 0 Å². The van der Waals surface area contributed by atoms with E-state index < -0.39 is 0 Å². The predicted octanol–water partition coefficient (Wildman–Crippen LogP) is -1.64. The maximum Gasteiger partial charge on any atom is 0.262 e. The Hall–Kier alpha value is -2.59. The number of hydrogen-bond acceptors (Lipinski definition) is 6. The highest BCUT2D eigenvalue weighted by molar-refractivity contribution is 7.18. The molecule has 1 fully saturated rings. The SMILES string of the molecule is COc1ccc2c(c1)c(N1CC[NH+](CCn3cnc4sc5c(c4c3=O)CCN(C)C5)CC1)cn2C.[Cl-]. The summed E-state index contributed by atoms with van der Waals surface area (Å²) >= 11 is 1.69. The third-order valence-electron chi connectivity index (χ3n) is 7.71. The van der Waals surface area contributed by atoms with E-state index >= 15 is 0 Å². The van der Waals surface area contributed by atoms with Crippen molar-refractivity contribution in [2.75, 3.05) is 58.3 Å². The molecule has 192 valence electrons. The topological polar surface area (TPSA) is 60.0 Å². The molecular formula is C26H33ClN6O2S. The van der Waals surface area contributed by atoms with Crippen molar-refractivity contribution < 1.29 is 22.0 Å². The van der Waals surface area contributed by atoms with Crippen molar-refractivity contribution in [3.63, 3.8) is 0 Å². The van der Waals surface area contributed by atoms with E-state index in [4.69, 9.17) is 4.74 Å². The van der Waals surface area contributed by atoms with Gasteiger partial charge in [0, 0.05) is 36.6 Å². The second kappa shape index (κ2) is 10.0. The highest BCUT2D eigenvalue weighted by atomic mass is 35.5. The number of piperazine rings is 1. The molecule has 0 atom stereocenters. The number of hydrogen-bond donors (Lipinski definition) is 1. The van der Waals surface area contributed by atoms with Gasteiger partial charge < -0.3 is 36.4 Å². The fourth-order valence-corrected chi connectivity index (χ4v) is 6.89. The van der Waals surface area contributed by atoms with Gasteiger partial charge in [-0.05, 0) is 37.2 Å². The first-order chi connectivity index (χ1) is 17.0. The van der Waals surface area contributed by atoms with E-state index in [1.165, 1.54) is 27.0 Å². The molecule has 0 unspecified atom stereocenters. The Morgan fingerprint density at radius 3 is 2.75 bits per heavy atom. The van der Waals surface area contributed by atoms with Gasteiger partial charge in [0.1, 0.15) is 10.6 Å². The molecule has 0 spiro atoms. The first kappa shape index (κ1) is 25.1. The summed E-state index contributed by atoms with van der Waals surface area (Å²) in [6.07, 6.45) is 4.93. The van der Waals surface area contributed by atoms with Crippen LogP contribution in [0, 0.1) is 0 Å². The van der Waals surface area contributed by atoms with Gasteiger partial charge in [0.05, 0.1) is 69.3 Å². The predicted molar refractivity (Wildman–Crippen MR) is 141 cm³/mol. The van der Waals surface area contributed by atoms with Gasteiger partial charge in [0.25, 0.3) is 5.56 Å². The summed E-state index contributed by atoms with van der Waals surface area (Å²) in [5.41, 5.74) is 3.88. The molecule has 36 heavy (non-hydrogen) atoms. The number of halogens is 1. The number of nitrogens with one attached hydrogen (secondary N) is 1. The molecule has 8 nitrogen and oxygen atoms in total. The van der Waals surface area contributed by atoms with E-state index in [1.807, 2.05) is 10.6 Å². The van der Waals surface area contributed by atoms with Gasteiger partial charge in [-0.1, -0.05) is 0 Å². The van der Waals surface area contributed by atoms with Crippen LogP contribution < -0.4 is 32.5 Å². The van der Waals surface area contributed by atoms with Gasteiger partial charge in [-0.3, -0.25) is 9.36 Å². The van der Waals surface area contributed by atoms with E-state index in [2.05, 4.69) is 51.8 Å². The van der Waals surface area contributed by atoms with Crippen LogP contribution in [0.4, 0.5) is 5.69 Å². The molecule has 1 saturated heterocycles. The molecule has 1 N–H and O–H groups in total. The maximum atomic E-state index is 13.3. The number of likely N-dealkylation sites (N-methyl/N-ethyl adjacent to an activating group) is 1. The lowest BCUT2D eigenvalue weighted by atomic mass is 10.1. The van der Waals surface area contributed by atoms with Crippen LogP contribution >= 0.6 is 11.3 Å². The van der Waals surface area contributed by atoms with Crippen LogP contribution in [0.5, 0.6) is 5.75 Å². The molecule has 2 aliphatic rings. The maximum absolute atomic E-state index is 13.3. The summed E-state index contributed by atoms with van der Waals surface area (Å²) in [4.78, 5) is 26.5. The van der Waals surface area contributed by atoms with E-state index in [0.717, 1.165) is 68.2 Å². The molecule has 0 saturated carbocycles. The average Bonchev–Trinajstić information content (AvgIpc) is 3.41. The molecule has 4 aromatic rings. The minimum atomic E-state index is 0. The Kier molecular flexibility index (Phi) is 7.00. The van der Waals surface area contributed by atoms with E-state index in [9.17, 15) is 4.79 Å². The molecule has 0 radical (unpaired) electrons. The number of nitrogens with zero attached hydrogens (tertiary/aromatic N) is 5. The van der Waals surface area contributed by atoms with E-state index in [0.29, 0.717) is 6.54 Å². The lowest BCUT2D eigenvalue weighted by molar-refractivity contribution is -0.901. The minimum Gasteiger partial charge on any atom is -1.00 e. The number of ether oxygens (including phenoxy) is 1. The number of thiophene rings is 1. The second-order valence-electron chi connectivity index (χ2n) is 9.91. The van der Waals surface area contributed by atoms with Crippen LogP contribution in [-0.2, 0) is 26.6 Å². The zero-order valence-corrected chi connectivity index (χ0v) is 22.7. The van der Waals surface area contributed by atoms with Crippen molar-refractivity contribution in [3.8, 4) is 5.75 Å². The molecule has 0 bridgehead atoms. The number of anilines is 1. The fourth-order valence-electron chi connectivity index (χ4n) is 5.63. The Morgan fingerprint density at radius 1 is 1.17 bits per heavy atom. The molecule has 0 amide bonds. The van der Waals surface area contributed by atoms with Crippen molar-refractivity contribution >= 4 is 38.1 Å². The summed E-state index contributed by atoms with van der Waals surface area (Å²) in [5.74, 6) is 0.893. The number of aromatic nitrogens is 3. The van der Waals surface area contributed by atoms with Crippen LogP contribution in [0.1, 0.15) is 10.4 Å². The molecule has 1 aromatic carbocycles. The highest BCUT2D eigenvalue weighted by Crippen LogP contribution is 2.32. The minimum absolute atomic E-state index is 0. The second-order valence-corrected chi connectivity index (χ2v) is 11.0. The normalized spacial score (nSPS) is 16.9. The lowest BCUT2D eigenvalue weighted by Crippen LogP contribution is -3.15. The first-order valence-corrected chi connectivity index (χ1v) is 13.2. The number of quaternary nitrogens is 1. The third kappa shape index (κ3) is 4.38. The van der Waals surface area contributed by atoms with Crippen molar-refractivity contribution in [1.82, 2.24) is 19.0 Å². The Morgan fingerprint density at radius 2 is 1.97 bits per heavy atom. The Bertz CT molecular complexity index is 1450. The molecule has 6 rings (SSSR count). The molecule has 10 heteroatoms. The monoisotopic (exact) mass is 528 g/mol. The van der Waals surface area contributed by atoms with E-state index in [-0.39, 0.29) is 18.0 Å². The summed E-state index contributed by atoms with van der Waals surface area (Å²) in [7, 11) is 5.96. The summed E-state index contributed by atoms with van der Waals surface area (Å²) in [6.45, 7) is 7.72. The van der Waals surface area contributed by atoms with Crippen molar-refractivity contribution in [2.24, 2.45) is 7.05 Å². The van der Waals surface area contributed by atoms with Crippen LogP contribution in [0.15, 0.2) is 35.5 Å². The molecule has 2 aliphatic heterocycles. The number of rotatable bonds is 5. The quantitative estimate of drug-likeness (QED) is 0.337. The number of fused-ring (bicyclic) bond motifs is 4. The van der Waals surface area contributed by atoms with Crippen LogP contribution in [-0.4, -0.2) is 72.4 Å². The van der Waals surface area contributed by atoms with Crippen molar-refractivity contribution in [3.05, 3.63) is 51.5 Å². The van der Waals surface area contributed by atoms with Crippen LogP contribution in [0.3, 0.4) is 0 Å². The van der Waals surface area contributed by atoms with Crippen LogP contribution in [0.2, 0.25) is 0 Å². The summed E-state index contributed by atoms with van der Waals surface area (Å²) < 4.78 is 9.50. The van der Waals surface area contributed by atoms with Gasteiger partial charge in [0.15, 0.2) is 0 Å². The van der Waals surface area contributed by atoms with Crippen molar-refractivity contribution in [1.29, 1.82) is 0 Å². The van der Waals surface area contributed by atoms with Crippen LogP contribution in [0.25, 0.3) is 21.1 Å². The molecule has 5 heterocycles. The number of methoxy groups -OCH3 is 1. The van der Waals surface area contributed by atoms with Gasteiger partial charge in [-0.15, -0.1) is 11.3 Å². The molecular weight excluding hydrogens is 496 g/mol. The standard InChI is InChI=1S/C26H32N6O2S.ClH/c1-28-7-6-19-23(16-28)35-25-24(19)26(33)32(17-27-25)13-10-30-8-11-31(12-9-30)22-15-29(2)21-5-4-18(34-3)14-20(21)22;/h4-5,14-15,17H,6-13,16H2,1-3H3;1H. The van der Waals surface area contributed by atoms with Gasteiger partial charge in [-0.2, -0.15) is 0 Å². The summed E-state index contributed by atoms with van der Waals surface area (Å²) in [6, 6.07) is 6.29. The Labute approximate surface area is 221 Å². The zero-order valence-electron chi connectivity index (χ0n) is 21.1. The zero-order chi connectivity index (χ0) is 24.1. The van der Waals surface area contributed by atoms with E-state index in [1.54, 1.807) is 29.7 Å². The smallest absolute Gasteiger partial charge is 0.262 e. The molecule has 3 aromatic heterocycles. The lowest BCUT2D eigenvalue weighted by Gasteiger charge is -2.33. The fraction of sp³-hybridized carbons (Fsp3) is 0.462. The van der Waals surface area contributed by atoms with Gasteiger partial charge >= 0.3 is 0 Å². The number of aryl methyl sites for hydroxylation is 1. The average molecular weight is 529 g/mol. The van der Waals surface area contributed by atoms with Crippen molar-refractivity contribution in [2.45, 2.75) is 19.5 Å². The third-order valence-corrected chi connectivity index (χ3v) is 8.84. The Balaban J connectivity index is 0.00000267. The highest BCUT2D eigenvalue weighted by Gasteiger charge is 2.25. The first-order valence-electron chi connectivity index (χ1n) is 12.4. The summed E-state index contributed by atoms with van der Waals surface area (Å²) in [5, 5.41) is 2.11.